The number of ether oxygens (including phenoxy) is 1. The van der Waals surface area contributed by atoms with Crippen LogP contribution >= 0.6 is 0 Å². The summed E-state index contributed by atoms with van der Waals surface area (Å²) in [4.78, 5) is 15.1. The second-order valence-electron chi connectivity index (χ2n) is 3.34. The summed E-state index contributed by atoms with van der Waals surface area (Å²) in [6.45, 7) is 1.23. The fourth-order valence-corrected chi connectivity index (χ4v) is 1.38. The van der Waals surface area contributed by atoms with Crippen molar-refractivity contribution in [2.45, 2.75) is 6.92 Å². The molecular weight excluding hydrogens is 226 g/mol. The van der Waals surface area contributed by atoms with Crippen LogP contribution in [0.2, 0.25) is 0 Å². The molecule has 0 aliphatic rings. The Morgan fingerprint density at radius 1 is 1.47 bits per heavy atom. The van der Waals surface area contributed by atoms with E-state index in [0.717, 1.165) is 0 Å². The van der Waals surface area contributed by atoms with Crippen molar-refractivity contribution in [2.75, 3.05) is 12.6 Å². The van der Waals surface area contributed by atoms with Gasteiger partial charge in [0.05, 0.1) is 12.5 Å². The van der Waals surface area contributed by atoms with Crippen molar-refractivity contribution in [1.82, 2.24) is 0 Å². The Morgan fingerprint density at radius 2 is 2.24 bits per heavy atom. The molecule has 2 rings (SSSR count). The number of hydrogen-bond donors (Lipinski definition) is 2. The van der Waals surface area contributed by atoms with Gasteiger partial charge in [-0.05, 0) is 12.1 Å². The Labute approximate surface area is 96.7 Å². The van der Waals surface area contributed by atoms with Crippen molar-refractivity contribution in [2.24, 2.45) is 0 Å². The maximum absolute atomic E-state index is 10.6. The first-order chi connectivity index (χ1) is 8.11. The summed E-state index contributed by atoms with van der Waals surface area (Å²) in [6.07, 6.45) is 0. The van der Waals surface area contributed by atoms with Gasteiger partial charge in [0.1, 0.15) is 11.3 Å². The number of methoxy groups -OCH3 is 1. The summed E-state index contributed by atoms with van der Waals surface area (Å²) in [6, 6.07) is 4.95. The molecule has 1 aromatic heterocycles. The molecule has 17 heavy (non-hydrogen) atoms. The zero-order valence-corrected chi connectivity index (χ0v) is 9.31. The SMILES string of the molecule is COc1ccc2c(O)c(NOC(C)=O)oc2c1. The van der Waals surface area contributed by atoms with E-state index in [2.05, 4.69) is 10.3 Å². The highest BCUT2D eigenvalue weighted by Crippen LogP contribution is 2.37. The molecule has 2 N–H and O–H groups in total. The van der Waals surface area contributed by atoms with Crippen LogP contribution in [0.25, 0.3) is 11.0 Å². The minimum atomic E-state index is -0.539. The van der Waals surface area contributed by atoms with Gasteiger partial charge in [0.2, 0.25) is 0 Å². The van der Waals surface area contributed by atoms with Gasteiger partial charge in [0.25, 0.3) is 5.88 Å². The highest BCUT2D eigenvalue weighted by Gasteiger charge is 2.14. The predicted octanol–water partition coefficient (Wildman–Crippen LogP) is 2.04. The number of anilines is 1. The lowest BCUT2D eigenvalue weighted by atomic mass is 10.2. The second kappa shape index (κ2) is 4.25. The summed E-state index contributed by atoms with van der Waals surface area (Å²) >= 11 is 0. The molecule has 1 heterocycles. The lowest BCUT2D eigenvalue weighted by Gasteiger charge is -1.99. The molecule has 6 heteroatoms. The van der Waals surface area contributed by atoms with Gasteiger partial charge in [0.15, 0.2) is 5.75 Å². The van der Waals surface area contributed by atoms with Gasteiger partial charge >= 0.3 is 5.97 Å². The smallest absolute Gasteiger partial charge is 0.329 e. The van der Waals surface area contributed by atoms with Crippen LogP contribution in [0.4, 0.5) is 5.88 Å². The van der Waals surface area contributed by atoms with E-state index in [0.29, 0.717) is 16.7 Å². The van der Waals surface area contributed by atoms with Crippen LogP contribution in [0, 0.1) is 0 Å². The standard InChI is InChI=1S/C11H11NO5/c1-6(13)17-12-11-10(14)8-4-3-7(15-2)5-9(8)16-11/h3-5,12,14H,1-2H3. The molecule has 0 saturated heterocycles. The molecule has 0 aliphatic heterocycles. The monoisotopic (exact) mass is 237 g/mol. The van der Waals surface area contributed by atoms with Crippen molar-refractivity contribution < 1.29 is 23.9 Å². The zero-order valence-electron chi connectivity index (χ0n) is 9.31. The van der Waals surface area contributed by atoms with Crippen LogP contribution < -0.4 is 10.2 Å². The Kier molecular flexibility index (Phi) is 2.78. The van der Waals surface area contributed by atoms with Crippen molar-refractivity contribution >= 4 is 22.8 Å². The molecule has 0 saturated carbocycles. The average molecular weight is 237 g/mol. The number of carbonyl (C=O) groups is 1. The molecule has 0 unspecified atom stereocenters. The topological polar surface area (TPSA) is 80.9 Å². The normalized spacial score (nSPS) is 10.2. The third kappa shape index (κ3) is 2.10. The van der Waals surface area contributed by atoms with E-state index in [1.807, 2.05) is 0 Å². The van der Waals surface area contributed by atoms with Gasteiger partial charge in [0, 0.05) is 13.0 Å². The van der Waals surface area contributed by atoms with Crippen LogP contribution in [0.1, 0.15) is 6.92 Å². The van der Waals surface area contributed by atoms with Crippen LogP contribution in [-0.4, -0.2) is 18.2 Å². The van der Waals surface area contributed by atoms with Crippen molar-refractivity contribution in [3.63, 3.8) is 0 Å². The molecule has 0 aliphatic carbocycles. The molecule has 0 radical (unpaired) electrons. The fraction of sp³-hybridized carbons (Fsp3) is 0.182. The van der Waals surface area contributed by atoms with E-state index >= 15 is 0 Å². The molecule has 6 nitrogen and oxygen atoms in total. The highest BCUT2D eigenvalue weighted by atomic mass is 16.7. The van der Waals surface area contributed by atoms with E-state index in [4.69, 9.17) is 9.15 Å². The third-order valence-electron chi connectivity index (χ3n) is 2.16. The minimum absolute atomic E-state index is 0.0246. The first-order valence-electron chi connectivity index (χ1n) is 4.84. The van der Waals surface area contributed by atoms with Gasteiger partial charge in [-0.1, -0.05) is 0 Å². The van der Waals surface area contributed by atoms with Gasteiger partial charge in [-0.2, -0.15) is 5.48 Å². The van der Waals surface area contributed by atoms with Gasteiger partial charge in [-0.15, -0.1) is 0 Å². The number of rotatable bonds is 3. The Bertz CT molecular complexity index is 560. The fourth-order valence-electron chi connectivity index (χ4n) is 1.38. The Hall–Kier alpha value is -2.37. The zero-order chi connectivity index (χ0) is 12.4. The molecule has 1 aromatic carbocycles. The van der Waals surface area contributed by atoms with E-state index in [1.54, 1.807) is 18.2 Å². The number of furan rings is 1. The van der Waals surface area contributed by atoms with Crippen molar-refractivity contribution in [3.05, 3.63) is 18.2 Å². The number of benzene rings is 1. The molecular formula is C11H11NO5. The maximum Gasteiger partial charge on any atom is 0.329 e. The average Bonchev–Trinajstić information content (AvgIpc) is 2.63. The van der Waals surface area contributed by atoms with Crippen LogP contribution in [0.5, 0.6) is 11.5 Å². The van der Waals surface area contributed by atoms with Crippen LogP contribution in [0.15, 0.2) is 22.6 Å². The number of hydrogen-bond acceptors (Lipinski definition) is 6. The predicted molar refractivity (Wildman–Crippen MR) is 59.8 cm³/mol. The van der Waals surface area contributed by atoms with E-state index < -0.39 is 5.97 Å². The lowest BCUT2D eigenvalue weighted by molar-refractivity contribution is -0.138. The molecule has 0 fully saturated rings. The summed E-state index contributed by atoms with van der Waals surface area (Å²) in [5.74, 6) is -0.0833. The molecule has 0 spiro atoms. The first kappa shape index (κ1) is 11.1. The summed E-state index contributed by atoms with van der Waals surface area (Å²) < 4.78 is 10.3. The summed E-state index contributed by atoms with van der Waals surface area (Å²) in [7, 11) is 1.53. The van der Waals surface area contributed by atoms with Crippen LogP contribution in [-0.2, 0) is 9.63 Å². The maximum atomic E-state index is 10.6. The van der Waals surface area contributed by atoms with Crippen molar-refractivity contribution in [3.8, 4) is 11.5 Å². The van der Waals surface area contributed by atoms with E-state index in [-0.39, 0.29) is 11.6 Å². The molecule has 0 bridgehead atoms. The van der Waals surface area contributed by atoms with E-state index in [9.17, 15) is 9.90 Å². The summed E-state index contributed by atoms with van der Waals surface area (Å²) in [5.41, 5.74) is 2.66. The second-order valence-corrected chi connectivity index (χ2v) is 3.34. The minimum Gasteiger partial charge on any atom is -0.503 e. The molecule has 2 aromatic rings. The number of fused-ring (bicyclic) bond motifs is 1. The molecule has 90 valence electrons. The number of nitrogens with one attached hydrogen (secondary N) is 1. The van der Waals surface area contributed by atoms with Crippen LogP contribution in [0.3, 0.4) is 0 Å². The Balaban J connectivity index is 2.38. The van der Waals surface area contributed by atoms with Gasteiger partial charge < -0.3 is 19.1 Å². The van der Waals surface area contributed by atoms with Gasteiger partial charge in [-0.3, -0.25) is 4.79 Å². The molecule has 0 atom stereocenters. The van der Waals surface area contributed by atoms with E-state index in [1.165, 1.54) is 14.0 Å². The number of carbonyl (C=O) groups excluding carboxylic acids is 1. The third-order valence-corrected chi connectivity index (χ3v) is 2.16. The summed E-state index contributed by atoms with van der Waals surface area (Å²) in [5, 5.41) is 10.3. The van der Waals surface area contributed by atoms with Gasteiger partial charge in [-0.25, -0.2) is 0 Å². The Morgan fingerprint density at radius 3 is 2.88 bits per heavy atom. The highest BCUT2D eigenvalue weighted by molar-refractivity contribution is 5.90. The lowest BCUT2D eigenvalue weighted by Crippen LogP contribution is -2.05. The first-order valence-corrected chi connectivity index (χ1v) is 4.84. The quantitative estimate of drug-likeness (QED) is 0.795. The molecule has 0 amide bonds. The largest absolute Gasteiger partial charge is 0.503 e. The van der Waals surface area contributed by atoms with Crippen molar-refractivity contribution in [1.29, 1.82) is 0 Å². The number of aromatic hydroxyl groups is 1.